The van der Waals surface area contributed by atoms with Gasteiger partial charge in [-0.3, -0.25) is 0 Å². The molecule has 1 heterocycles. The summed E-state index contributed by atoms with van der Waals surface area (Å²) in [5, 5.41) is 0. The van der Waals surface area contributed by atoms with Crippen LogP contribution in [0.25, 0.3) is 0 Å². The van der Waals surface area contributed by atoms with Gasteiger partial charge >= 0.3 is 5.97 Å². The Hall–Kier alpha value is -1.38. The molecule has 1 aromatic heterocycles. The SMILES string of the molecule is CCOC(=O)c1cc(C)[c]cn1. The first-order valence-corrected chi connectivity index (χ1v) is 3.75. The zero-order valence-corrected chi connectivity index (χ0v) is 7.13. The van der Waals surface area contributed by atoms with E-state index in [0.717, 1.165) is 5.56 Å². The molecular weight excluding hydrogens is 154 g/mol. The van der Waals surface area contributed by atoms with Crippen molar-refractivity contribution in [1.82, 2.24) is 4.98 Å². The Morgan fingerprint density at radius 2 is 2.50 bits per heavy atom. The number of carbonyl (C=O) groups is 1. The Morgan fingerprint density at radius 3 is 3.08 bits per heavy atom. The lowest BCUT2D eigenvalue weighted by molar-refractivity contribution is 0.0519. The molecule has 0 saturated carbocycles. The average Bonchev–Trinajstić information content (AvgIpc) is 2.05. The molecule has 0 aromatic carbocycles. The zero-order valence-electron chi connectivity index (χ0n) is 7.13. The van der Waals surface area contributed by atoms with Crippen LogP contribution in [0.1, 0.15) is 23.0 Å². The molecule has 1 rings (SSSR count). The maximum Gasteiger partial charge on any atom is 0.356 e. The van der Waals surface area contributed by atoms with Gasteiger partial charge < -0.3 is 4.74 Å². The van der Waals surface area contributed by atoms with Crippen molar-refractivity contribution in [3.8, 4) is 0 Å². The maximum absolute atomic E-state index is 11.1. The molecule has 0 aliphatic heterocycles. The highest BCUT2D eigenvalue weighted by Crippen LogP contribution is 2.00. The lowest BCUT2D eigenvalue weighted by Crippen LogP contribution is -2.06. The molecule has 3 heteroatoms. The van der Waals surface area contributed by atoms with E-state index in [1.807, 2.05) is 6.92 Å². The monoisotopic (exact) mass is 164 g/mol. The average molecular weight is 164 g/mol. The Kier molecular flexibility index (Phi) is 2.80. The number of carbonyl (C=O) groups excluding carboxylic acids is 1. The quantitative estimate of drug-likeness (QED) is 0.619. The Labute approximate surface area is 71.4 Å². The number of nitrogens with zero attached hydrogens (tertiary/aromatic N) is 1. The minimum absolute atomic E-state index is 0.341. The largest absolute Gasteiger partial charge is 0.461 e. The van der Waals surface area contributed by atoms with Crippen LogP contribution in [0.15, 0.2) is 12.3 Å². The lowest BCUT2D eigenvalue weighted by Gasteiger charge is -2.00. The molecule has 0 bridgehead atoms. The number of aromatic nitrogens is 1. The van der Waals surface area contributed by atoms with Gasteiger partial charge in [-0.2, -0.15) is 0 Å². The number of aryl methyl sites for hydroxylation is 1. The molecule has 1 aromatic rings. The highest BCUT2D eigenvalue weighted by Gasteiger charge is 2.06. The number of ether oxygens (including phenoxy) is 1. The normalized spacial score (nSPS) is 9.50. The molecule has 0 aliphatic carbocycles. The van der Waals surface area contributed by atoms with Crippen molar-refractivity contribution >= 4 is 5.97 Å². The molecule has 1 radical (unpaired) electrons. The molecule has 0 spiro atoms. The van der Waals surface area contributed by atoms with Gasteiger partial charge in [-0.1, -0.05) is 0 Å². The number of pyridine rings is 1. The smallest absolute Gasteiger partial charge is 0.356 e. The minimum Gasteiger partial charge on any atom is -0.461 e. The summed E-state index contributed by atoms with van der Waals surface area (Å²) in [5.41, 5.74) is 1.22. The van der Waals surface area contributed by atoms with Gasteiger partial charge in [-0.25, -0.2) is 9.78 Å². The van der Waals surface area contributed by atoms with Crippen molar-refractivity contribution in [2.75, 3.05) is 6.61 Å². The maximum atomic E-state index is 11.1. The molecular formula is C9H10NO2. The van der Waals surface area contributed by atoms with Gasteiger partial charge in [0.15, 0.2) is 0 Å². The van der Waals surface area contributed by atoms with Crippen molar-refractivity contribution in [3.63, 3.8) is 0 Å². The molecule has 3 nitrogen and oxygen atoms in total. The van der Waals surface area contributed by atoms with E-state index in [1.54, 1.807) is 13.0 Å². The van der Waals surface area contributed by atoms with Gasteiger partial charge in [0.05, 0.1) is 6.61 Å². The lowest BCUT2D eigenvalue weighted by atomic mass is 10.2. The second kappa shape index (κ2) is 3.85. The third-order valence-electron chi connectivity index (χ3n) is 1.33. The van der Waals surface area contributed by atoms with E-state index >= 15 is 0 Å². The fraction of sp³-hybridized carbons (Fsp3) is 0.333. The van der Waals surface area contributed by atoms with Crippen LogP contribution >= 0.6 is 0 Å². The standard InChI is InChI=1S/C9H10NO2/c1-3-12-9(11)8-6-7(2)4-5-10-8/h5-6H,3H2,1-2H3. The van der Waals surface area contributed by atoms with Gasteiger partial charge in [-0.15, -0.1) is 0 Å². The third kappa shape index (κ3) is 2.05. The first-order valence-electron chi connectivity index (χ1n) is 3.75. The molecule has 0 fully saturated rings. The molecule has 0 atom stereocenters. The Balaban J connectivity index is 2.81. The molecule has 63 valence electrons. The van der Waals surface area contributed by atoms with Crippen LogP contribution in [0.2, 0.25) is 0 Å². The molecule has 0 N–H and O–H groups in total. The van der Waals surface area contributed by atoms with E-state index in [0.29, 0.717) is 12.3 Å². The predicted octanol–water partition coefficient (Wildman–Crippen LogP) is 1.37. The van der Waals surface area contributed by atoms with E-state index in [1.165, 1.54) is 6.20 Å². The molecule has 0 amide bonds. The summed E-state index contributed by atoms with van der Waals surface area (Å²) in [6, 6.07) is 4.50. The van der Waals surface area contributed by atoms with Gasteiger partial charge in [0, 0.05) is 12.3 Å². The van der Waals surface area contributed by atoms with Crippen LogP contribution in [0.5, 0.6) is 0 Å². The molecule has 0 unspecified atom stereocenters. The van der Waals surface area contributed by atoms with Gasteiger partial charge in [-0.05, 0) is 25.5 Å². The predicted molar refractivity (Wildman–Crippen MR) is 43.8 cm³/mol. The van der Waals surface area contributed by atoms with Crippen LogP contribution in [0.3, 0.4) is 0 Å². The van der Waals surface area contributed by atoms with Crippen LogP contribution in [0.4, 0.5) is 0 Å². The zero-order chi connectivity index (χ0) is 8.97. The van der Waals surface area contributed by atoms with Crippen molar-refractivity contribution < 1.29 is 9.53 Å². The first-order chi connectivity index (χ1) is 5.74. The molecule has 0 aliphatic rings. The second-order valence-electron chi connectivity index (χ2n) is 2.34. The highest BCUT2D eigenvalue weighted by molar-refractivity contribution is 5.87. The summed E-state index contributed by atoms with van der Waals surface area (Å²) in [6.07, 6.45) is 1.47. The van der Waals surface area contributed by atoms with Gasteiger partial charge in [0.2, 0.25) is 0 Å². The Morgan fingerprint density at radius 1 is 1.75 bits per heavy atom. The summed E-state index contributed by atoms with van der Waals surface area (Å²) in [6.45, 7) is 3.99. The van der Waals surface area contributed by atoms with Crippen molar-refractivity contribution in [2.24, 2.45) is 0 Å². The van der Waals surface area contributed by atoms with E-state index in [2.05, 4.69) is 11.1 Å². The summed E-state index contributed by atoms with van der Waals surface area (Å²) in [7, 11) is 0. The van der Waals surface area contributed by atoms with E-state index in [-0.39, 0.29) is 5.97 Å². The fourth-order valence-electron chi connectivity index (χ4n) is 0.804. The number of esters is 1. The van der Waals surface area contributed by atoms with Gasteiger partial charge in [0.25, 0.3) is 0 Å². The van der Waals surface area contributed by atoms with Crippen molar-refractivity contribution in [2.45, 2.75) is 13.8 Å². The van der Waals surface area contributed by atoms with E-state index < -0.39 is 0 Å². The highest BCUT2D eigenvalue weighted by atomic mass is 16.5. The van der Waals surface area contributed by atoms with E-state index in [9.17, 15) is 4.79 Å². The van der Waals surface area contributed by atoms with Crippen LogP contribution < -0.4 is 0 Å². The van der Waals surface area contributed by atoms with E-state index in [4.69, 9.17) is 4.74 Å². The third-order valence-corrected chi connectivity index (χ3v) is 1.33. The van der Waals surface area contributed by atoms with Crippen LogP contribution in [-0.2, 0) is 4.74 Å². The number of hydrogen-bond acceptors (Lipinski definition) is 3. The molecule has 0 saturated heterocycles. The topological polar surface area (TPSA) is 39.2 Å². The minimum atomic E-state index is -0.380. The fourth-order valence-corrected chi connectivity index (χ4v) is 0.804. The summed E-state index contributed by atoms with van der Waals surface area (Å²) in [4.78, 5) is 14.9. The van der Waals surface area contributed by atoms with Gasteiger partial charge in [0.1, 0.15) is 5.69 Å². The summed E-state index contributed by atoms with van der Waals surface area (Å²) >= 11 is 0. The van der Waals surface area contributed by atoms with Crippen LogP contribution in [0, 0.1) is 13.0 Å². The first kappa shape index (κ1) is 8.71. The summed E-state index contributed by atoms with van der Waals surface area (Å²) in [5.74, 6) is -0.380. The number of rotatable bonds is 2. The number of hydrogen-bond donors (Lipinski definition) is 0. The molecule has 12 heavy (non-hydrogen) atoms. The van der Waals surface area contributed by atoms with Crippen LogP contribution in [-0.4, -0.2) is 17.6 Å². The Bertz CT molecular complexity index is 284. The van der Waals surface area contributed by atoms with Crippen molar-refractivity contribution in [1.29, 1.82) is 0 Å². The summed E-state index contributed by atoms with van der Waals surface area (Å²) < 4.78 is 4.77. The second-order valence-corrected chi connectivity index (χ2v) is 2.34. The van der Waals surface area contributed by atoms with Crippen molar-refractivity contribution in [3.05, 3.63) is 29.6 Å².